The smallest absolute Gasteiger partial charge is 0.236 e. The van der Waals surface area contributed by atoms with Gasteiger partial charge in [-0.3, -0.25) is 4.79 Å². The zero-order chi connectivity index (χ0) is 20.3. The van der Waals surface area contributed by atoms with Crippen LogP contribution in [0.5, 0.6) is 0 Å². The number of nitrogens with two attached hydrogens (primary N) is 1. The van der Waals surface area contributed by atoms with E-state index in [0.717, 1.165) is 28.6 Å². The molecule has 3 rings (SSSR count). The van der Waals surface area contributed by atoms with Gasteiger partial charge in [0.15, 0.2) is 10.3 Å². The molecule has 0 aliphatic carbocycles. The molecule has 3 N–H and O–H groups in total. The molecule has 1 aromatic carbocycles. The van der Waals surface area contributed by atoms with Crippen LogP contribution >= 0.6 is 23.1 Å². The summed E-state index contributed by atoms with van der Waals surface area (Å²) in [5, 5.41) is 14.4. The SMILES string of the molecule is Cc1cc(C)c(-c2csc(NC(=O)CSc3ncc(C#N)c(N)n3)n2)cc1C. The van der Waals surface area contributed by atoms with Gasteiger partial charge in [-0.15, -0.1) is 11.3 Å². The predicted molar refractivity (Wildman–Crippen MR) is 112 cm³/mol. The van der Waals surface area contributed by atoms with Gasteiger partial charge in [-0.05, 0) is 43.5 Å². The quantitative estimate of drug-likeness (QED) is 0.486. The van der Waals surface area contributed by atoms with Gasteiger partial charge in [-0.25, -0.2) is 15.0 Å². The van der Waals surface area contributed by atoms with Crippen LogP contribution in [0.15, 0.2) is 28.9 Å². The van der Waals surface area contributed by atoms with E-state index in [1.807, 2.05) is 11.4 Å². The number of nitriles is 1. The Balaban J connectivity index is 1.64. The molecule has 28 heavy (non-hydrogen) atoms. The number of nitrogen functional groups attached to an aromatic ring is 1. The molecule has 0 atom stereocenters. The Kier molecular flexibility index (Phi) is 5.92. The number of hydrogen-bond acceptors (Lipinski definition) is 8. The van der Waals surface area contributed by atoms with Crippen LogP contribution in [0.1, 0.15) is 22.3 Å². The van der Waals surface area contributed by atoms with Crippen molar-refractivity contribution in [3.8, 4) is 17.3 Å². The maximum atomic E-state index is 12.2. The summed E-state index contributed by atoms with van der Waals surface area (Å²) in [6.07, 6.45) is 1.35. The summed E-state index contributed by atoms with van der Waals surface area (Å²) in [7, 11) is 0. The Hall–Kier alpha value is -2.96. The third kappa shape index (κ3) is 4.47. The van der Waals surface area contributed by atoms with Gasteiger partial charge in [0, 0.05) is 10.9 Å². The first-order valence-electron chi connectivity index (χ1n) is 8.36. The lowest BCUT2D eigenvalue weighted by Gasteiger charge is -2.07. The maximum absolute atomic E-state index is 12.2. The second kappa shape index (κ2) is 8.37. The summed E-state index contributed by atoms with van der Waals surface area (Å²) in [4.78, 5) is 24.8. The van der Waals surface area contributed by atoms with Crippen LogP contribution in [0.25, 0.3) is 11.3 Å². The third-order valence-electron chi connectivity index (χ3n) is 4.12. The second-order valence-corrected chi connectivity index (χ2v) is 7.99. The molecule has 3 aromatic rings. The van der Waals surface area contributed by atoms with Crippen LogP contribution in [0.4, 0.5) is 10.9 Å². The van der Waals surface area contributed by atoms with E-state index in [4.69, 9.17) is 11.0 Å². The van der Waals surface area contributed by atoms with Crippen molar-refractivity contribution in [2.75, 3.05) is 16.8 Å². The topological polar surface area (TPSA) is 118 Å². The molecule has 1 amide bonds. The molecule has 0 aliphatic heterocycles. The van der Waals surface area contributed by atoms with Crippen molar-refractivity contribution >= 4 is 40.0 Å². The molecule has 0 radical (unpaired) electrons. The van der Waals surface area contributed by atoms with Gasteiger partial charge in [0.2, 0.25) is 5.91 Å². The zero-order valence-electron chi connectivity index (χ0n) is 15.6. The Labute approximate surface area is 171 Å². The third-order valence-corrected chi connectivity index (χ3v) is 5.74. The minimum Gasteiger partial charge on any atom is -0.382 e. The van der Waals surface area contributed by atoms with E-state index in [1.165, 1.54) is 28.7 Å². The van der Waals surface area contributed by atoms with Crippen molar-refractivity contribution < 1.29 is 4.79 Å². The molecular formula is C19H18N6OS2. The van der Waals surface area contributed by atoms with Gasteiger partial charge in [-0.2, -0.15) is 5.26 Å². The Morgan fingerprint density at radius 3 is 2.71 bits per heavy atom. The van der Waals surface area contributed by atoms with E-state index >= 15 is 0 Å². The Morgan fingerprint density at radius 1 is 1.25 bits per heavy atom. The average molecular weight is 411 g/mol. The molecule has 0 saturated carbocycles. The van der Waals surface area contributed by atoms with Crippen molar-refractivity contribution in [3.63, 3.8) is 0 Å². The van der Waals surface area contributed by atoms with Gasteiger partial charge in [0.1, 0.15) is 17.5 Å². The van der Waals surface area contributed by atoms with Crippen molar-refractivity contribution in [1.82, 2.24) is 15.0 Å². The first kappa shape index (κ1) is 19.8. The van der Waals surface area contributed by atoms with Crippen LogP contribution in [0.2, 0.25) is 0 Å². The van der Waals surface area contributed by atoms with Crippen molar-refractivity contribution in [2.24, 2.45) is 0 Å². The van der Waals surface area contributed by atoms with Crippen molar-refractivity contribution in [3.05, 3.63) is 46.0 Å². The number of amides is 1. The number of aromatic nitrogens is 3. The number of benzene rings is 1. The van der Waals surface area contributed by atoms with Gasteiger partial charge >= 0.3 is 0 Å². The fraction of sp³-hybridized carbons (Fsp3) is 0.211. The number of anilines is 2. The standard InChI is InChI=1S/C19H18N6OS2/c1-10-4-12(3)14(5-11(10)2)15-8-27-19(23-15)24-16(26)9-28-18-22-7-13(6-20)17(21)25-18/h4-5,7-8H,9H2,1-3H3,(H2,21,22,25)(H,23,24,26). The highest BCUT2D eigenvalue weighted by atomic mass is 32.2. The van der Waals surface area contributed by atoms with Crippen LogP contribution < -0.4 is 11.1 Å². The zero-order valence-corrected chi connectivity index (χ0v) is 17.2. The fourth-order valence-corrected chi connectivity index (χ4v) is 3.86. The molecule has 0 aliphatic rings. The number of aryl methyl sites for hydroxylation is 3. The number of rotatable bonds is 5. The Bertz CT molecular complexity index is 1090. The summed E-state index contributed by atoms with van der Waals surface area (Å²) in [5.74, 6) is 0.00565. The van der Waals surface area contributed by atoms with Gasteiger partial charge in [0.05, 0.1) is 17.6 Å². The predicted octanol–water partition coefficient (Wildman–Crippen LogP) is 3.71. The van der Waals surface area contributed by atoms with Crippen molar-refractivity contribution in [2.45, 2.75) is 25.9 Å². The lowest BCUT2D eigenvalue weighted by Crippen LogP contribution is -2.14. The number of nitrogens with one attached hydrogen (secondary N) is 1. The normalized spacial score (nSPS) is 10.5. The minimum atomic E-state index is -0.214. The van der Waals surface area contributed by atoms with Crippen molar-refractivity contribution in [1.29, 1.82) is 5.26 Å². The largest absolute Gasteiger partial charge is 0.382 e. The second-order valence-electron chi connectivity index (χ2n) is 6.19. The molecule has 0 spiro atoms. The van der Waals surface area contributed by atoms with Gasteiger partial charge in [0.25, 0.3) is 0 Å². The summed E-state index contributed by atoms with van der Waals surface area (Å²) in [6, 6.07) is 6.16. The van der Waals surface area contributed by atoms with Crippen LogP contribution in [-0.4, -0.2) is 26.6 Å². The molecule has 2 aromatic heterocycles. The van der Waals surface area contributed by atoms with Crippen LogP contribution in [0, 0.1) is 32.1 Å². The summed E-state index contributed by atoms with van der Waals surface area (Å²) < 4.78 is 0. The average Bonchev–Trinajstić information content (AvgIpc) is 3.11. The number of thioether (sulfide) groups is 1. The first-order chi connectivity index (χ1) is 13.4. The van der Waals surface area contributed by atoms with Crippen LogP contribution in [0.3, 0.4) is 0 Å². The molecular weight excluding hydrogens is 392 g/mol. The lowest BCUT2D eigenvalue weighted by molar-refractivity contribution is -0.113. The van der Waals surface area contributed by atoms with Gasteiger partial charge in [-0.1, -0.05) is 17.8 Å². The highest BCUT2D eigenvalue weighted by molar-refractivity contribution is 7.99. The summed E-state index contributed by atoms with van der Waals surface area (Å²) in [5.41, 5.74) is 11.4. The molecule has 9 heteroatoms. The fourth-order valence-electron chi connectivity index (χ4n) is 2.51. The number of thiazole rings is 1. The number of carbonyl (C=O) groups excluding carboxylic acids is 1. The van der Waals surface area contributed by atoms with Gasteiger partial charge < -0.3 is 11.1 Å². The highest BCUT2D eigenvalue weighted by Gasteiger charge is 2.12. The molecule has 2 heterocycles. The summed E-state index contributed by atoms with van der Waals surface area (Å²) >= 11 is 2.52. The molecule has 7 nitrogen and oxygen atoms in total. The van der Waals surface area contributed by atoms with E-state index in [9.17, 15) is 4.79 Å². The number of hydrogen-bond donors (Lipinski definition) is 2. The molecule has 0 fully saturated rings. The number of nitrogens with zero attached hydrogens (tertiary/aromatic N) is 4. The van der Waals surface area contributed by atoms with E-state index in [-0.39, 0.29) is 23.0 Å². The molecule has 0 saturated heterocycles. The Morgan fingerprint density at radius 2 is 2.00 bits per heavy atom. The summed E-state index contributed by atoms with van der Waals surface area (Å²) in [6.45, 7) is 6.21. The molecule has 0 unspecified atom stereocenters. The maximum Gasteiger partial charge on any atom is 0.236 e. The van der Waals surface area contributed by atoms with E-state index in [1.54, 1.807) is 0 Å². The first-order valence-corrected chi connectivity index (χ1v) is 10.2. The van der Waals surface area contributed by atoms with E-state index in [2.05, 4.69) is 53.2 Å². The molecule has 0 bridgehead atoms. The number of carbonyl (C=O) groups is 1. The molecule has 142 valence electrons. The minimum absolute atomic E-state index is 0.105. The van der Waals surface area contributed by atoms with E-state index < -0.39 is 0 Å². The highest BCUT2D eigenvalue weighted by Crippen LogP contribution is 2.29. The monoisotopic (exact) mass is 410 g/mol. The van der Waals surface area contributed by atoms with E-state index in [0.29, 0.717) is 10.3 Å². The van der Waals surface area contributed by atoms with Crippen LogP contribution in [-0.2, 0) is 4.79 Å². The lowest BCUT2D eigenvalue weighted by atomic mass is 9.99.